The fraction of sp³-hybridized carbons (Fsp3) is 0.533. The molecule has 0 aromatic heterocycles. The van der Waals surface area contributed by atoms with Crippen LogP contribution in [0, 0.1) is 0 Å². The van der Waals surface area contributed by atoms with Gasteiger partial charge in [-0.3, -0.25) is 4.90 Å². The van der Waals surface area contributed by atoms with Crippen LogP contribution >= 0.6 is 0 Å². The Kier molecular flexibility index (Phi) is 4.98. The summed E-state index contributed by atoms with van der Waals surface area (Å²) in [5, 5.41) is 18.8. The molecule has 20 heavy (non-hydrogen) atoms. The Morgan fingerprint density at radius 2 is 2.15 bits per heavy atom. The summed E-state index contributed by atoms with van der Waals surface area (Å²) in [6, 6.07) is 5.31. The molecular formula is C15H22N2O3. The molecule has 5 heteroatoms. The maximum atomic E-state index is 11.4. The molecule has 0 radical (unpaired) electrons. The van der Waals surface area contributed by atoms with Crippen LogP contribution in [0.3, 0.4) is 0 Å². The number of carboxylic acids is 1. The summed E-state index contributed by atoms with van der Waals surface area (Å²) in [6.07, 6.45) is 4.32. The number of anilines is 1. The topological polar surface area (TPSA) is 86.8 Å². The molecular weight excluding hydrogens is 256 g/mol. The summed E-state index contributed by atoms with van der Waals surface area (Å²) < 4.78 is 0. The number of likely N-dealkylation sites (tertiary alicyclic amines) is 1. The SMILES string of the molecule is Nc1cccc(CN2CCCCCC2CO)c1C(=O)O. The van der Waals surface area contributed by atoms with Crippen LogP contribution in [0.25, 0.3) is 0 Å². The van der Waals surface area contributed by atoms with Crippen molar-refractivity contribution in [1.29, 1.82) is 0 Å². The molecule has 1 saturated heterocycles. The summed E-state index contributed by atoms with van der Waals surface area (Å²) in [5.74, 6) is -0.992. The van der Waals surface area contributed by atoms with Crippen molar-refractivity contribution in [3.05, 3.63) is 29.3 Å². The number of hydrogen-bond donors (Lipinski definition) is 3. The zero-order valence-electron chi connectivity index (χ0n) is 11.6. The highest BCUT2D eigenvalue weighted by molar-refractivity contribution is 5.95. The summed E-state index contributed by atoms with van der Waals surface area (Å²) >= 11 is 0. The van der Waals surface area contributed by atoms with E-state index in [0.29, 0.717) is 12.2 Å². The van der Waals surface area contributed by atoms with Crippen LogP contribution < -0.4 is 5.73 Å². The molecule has 1 fully saturated rings. The van der Waals surface area contributed by atoms with Gasteiger partial charge in [0, 0.05) is 18.3 Å². The monoisotopic (exact) mass is 278 g/mol. The van der Waals surface area contributed by atoms with E-state index in [1.807, 2.05) is 0 Å². The summed E-state index contributed by atoms with van der Waals surface area (Å²) in [5.41, 5.74) is 6.98. The number of nitrogens with two attached hydrogens (primary N) is 1. The fourth-order valence-electron chi connectivity index (χ4n) is 2.88. The highest BCUT2D eigenvalue weighted by Crippen LogP contribution is 2.23. The van der Waals surface area contributed by atoms with Crippen LogP contribution in [-0.2, 0) is 6.54 Å². The van der Waals surface area contributed by atoms with Crippen molar-refractivity contribution in [2.24, 2.45) is 0 Å². The third-order valence-electron chi connectivity index (χ3n) is 3.98. The minimum absolute atomic E-state index is 0.112. The number of aromatic carboxylic acids is 1. The van der Waals surface area contributed by atoms with Gasteiger partial charge in [0.25, 0.3) is 0 Å². The molecule has 0 saturated carbocycles. The summed E-state index contributed by atoms with van der Waals surface area (Å²) in [7, 11) is 0. The lowest BCUT2D eigenvalue weighted by Gasteiger charge is -2.29. The van der Waals surface area contributed by atoms with Gasteiger partial charge in [0.05, 0.1) is 12.2 Å². The van der Waals surface area contributed by atoms with Gasteiger partial charge in [-0.15, -0.1) is 0 Å². The molecule has 0 amide bonds. The van der Waals surface area contributed by atoms with Crippen LogP contribution in [0.5, 0.6) is 0 Å². The number of rotatable bonds is 4. The van der Waals surface area contributed by atoms with E-state index in [9.17, 15) is 15.0 Å². The number of aliphatic hydroxyl groups excluding tert-OH is 1. The van der Waals surface area contributed by atoms with E-state index in [-0.39, 0.29) is 18.2 Å². The second-order valence-corrected chi connectivity index (χ2v) is 5.34. The molecule has 2 rings (SSSR count). The summed E-state index contributed by atoms with van der Waals surface area (Å²) in [6.45, 7) is 1.53. The average molecular weight is 278 g/mol. The lowest BCUT2D eigenvalue weighted by Crippen LogP contribution is -2.37. The van der Waals surface area contributed by atoms with Gasteiger partial charge >= 0.3 is 5.97 Å². The first-order chi connectivity index (χ1) is 9.63. The largest absolute Gasteiger partial charge is 0.478 e. The molecule has 1 atom stereocenters. The standard InChI is InChI=1S/C15H22N2O3/c16-13-7-4-5-11(14(13)15(19)20)9-17-8-3-1-2-6-12(17)10-18/h4-5,7,12,18H,1-3,6,8-10,16H2,(H,19,20). The first-order valence-electron chi connectivity index (χ1n) is 7.09. The minimum atomic E-state index is -0.992. The van der Waals surface area contributed by atoms with Crippen molar-refractivity contribution in [3.8, 4) is 0 Å². The highest BCUT2D eigenvalue weighted by Gasteiger charge is 2.23. The second-order valence-electron chi connectivity index (χ2n) is 5.34. The van der Waals surface area contributed by atoms with E-state index in [2.05, 4.69) is 4.90 Å². The number of aliphatic hydroxyl groups is 1. The van der Waals surface area contributed by atoms with E-state index < -0.39 is 5.97 Å². The molecule has 5 nitrogen and oxygen atoms in total. The number of nitrogens with zero attached hydrogens (tertiary/aromatic N) is 1. The zero-order valence-corrected chi connectivity index (χ0v) is 11.6. The van der Waals surface area contributed by atoms with Gasteiger partial charge in [0.15, 0.2) is 0 Å². The Hall–Kier alpha value is -1.59. The quantitative estimate of drug-likeness (QED) is 0.730. The third-order valence-corrected chi connectivity index (χ3v) is 3.98. The maximum Gasteiger partial charge on any atom is 0.338 e. The van der Waals surface area contributed by atoms with Gasteiger partial charge in [0.2, 0.25) is 0 Å². The first-order valence-corrected chi connectivity index (χ1v) is 7.09. The molecule has 1 unspecified atom stereocenters. The van der Waals surface area contributed by atoms with Gasteiger partial charge in [-0.05, 0) is 31.0 Å². The smallest absolute Gasteiger partial charge is 0.338 e. The van der Waals surface area contributed by atoms with Gasteiger partial charge in [-0.1, -0.05) is 25.0 Å². The number of carbonyl (C=O) groups is 1. The molecule has 1 aromatic carbocycles. The Balaban J connectivity index is 2.23. The van der Waals surface area contributed by atoms with Crippen LogP contribution in [0.2, 0.25) is 0 Å². The normalized spacial score (nSPS) is 20.6. The Morgan fingerprint density at radius 1 is 1.35 bits per heavy atom. The summed E-state index contributed by atoms with van der Waals surface area (Å²) in [4.78, 5) is 13.5. The fourth-order valence-corrected chi connectivity index (χ4v) is 2.88. The highest BCUT2D eigenvalue weighted by atomic mass is 16.4. The van der Waals surface area contributed by atoms with Crippen LogP contribution in [0.1, 0.15) is 41.6 Å². The van der Waals surface area contributed by atoms with Gasteiger partial charge in [0.1, 0.15) is 0 Å². The van der Waals surface area contributed by atoms with E-state index in [4.69, 9.17) is 5.73 Å². The van der Waals surface area contributed by atoms with Crippen molar-refractivity contribution in [1.82, 2.24) is 4.90 Å². The lowest BCUT2D eigenvalue weighted by molar-refractivity contribution is 0.0693. The Morgan fingerprint density at radius 3 is 2.85 bits per heavy atom. The van der Waals surface area contributed by atoms with Gasteiger partial charge in [-0.25, -0.2) is 4.79 Å². The molecule has 1 heterocycles. The van der Waals surface area contributed by atoms with Gasteiger partial charge in [-0.2, -0.15) is 0 Å². The van der Waals surface area contributed by atoms with E-state index >= 15 is 0 Å². The van der Waals surface area contributed by atoms with E-state index in [1.165, 1.54) is 0 Å². The van der Waals surface area contributed by atoms with Crippen LogP contribution in [-0.4, -0.2) is 40.3 Å². The van der Waals surface area contributed by atoms with Gasteiger partial charge < -0.3 is 15.9 Å². The number of benzene rings is 1. The number of nitrogen functional groups attached to an aromatic ring is 1. The van der Waals surface area contributed by atoms with Crippen molar-refractivity contribution in [2.45, 2.75) is 38.3 Å². The first kappa shape index (κ1) is 14.8. The van der Waals surface area contributed by atoms with Crippen molar-refractivity contribution >= 4 is 11.7 Å². The van der Waals surface area contributed by atoms with Crippen LogP contribution in [0.4, 0.5) is 5.69 Å². The minimum Gasteiger partial charge on any atom is -0.478 e. The molecule has 1 aromatic rings. The van der Waals surface area contributed by atoms with Crippen molar-refractivity contribution in [2.75, 3.05) is 18.9 Å². The number of carboxylic acid groups (broad SMARTS) is 1. The third kappa shape index (κ3) is 3.29. The van der Waals surface area contributed by atoms with E-state index in [1.54, 1.807) is 18.2 Å². The molecule has 0 bridgehead atoms. The molecule has 110 valence electrons. The van der Waals surface area contributed by atoms with E-state index in [0.717, 1.165) is 37.8 Å². The predicted octanol–water partition coefficient (Wildman–Crippen LogP) is 1.70. The number of hydrogen-bond acceptors (Lipinski definition) is 4. The molecule has 0 aliphatic carbocycles. The Labute approximate surface area is 119 Å². The molecule has 1 aliphatic rings. The van der Waals surface area contributed by atoms with Crippen LogP contribution in [0.15, 0.2) is 18.2 Å². The lowest BCUT2D eigenvalue weighted by atomic mass is 10.0. The van der Waals surface area contributed by atoms with Crippen molar-refractivity contribution in [3.63, 3.8) is 0 Å². The maximum absolute atomic E-state index is 11.4. The molecule has 0 spiro atoms. The molecule has 4 N–H and O–H groups in total. The molecule has 1 aliphatic heterocycles. The van der Waals surface area contributed by atoms with Crippen molar-refractivity contribution < 1.29 is 15.0 Å². The zero-order chi connectivity index (χ0) is 14.5. The predicted molar refractivity (Wildman–Crippen MR) is 77.6 cm³/mol. The Bertz CT molecular complexity index is 476. The average Bonchev–Trinajstić information content (AvgIpc) is 2.63. The second kappa shape index (κ2) is 6.72.